The van der Waals surface area contributed by atoms with E-state index in [4.69, 9.17) is 9.79 Å². The summed E-state index contributed by atoms with van der Waals surface area (Å²) in [6.07, 6.45) is 0. The lowest BCUT2D eigenvalue weighted by atomic mass is 10.9. The largest absolute Gasteiger partial charge is 0.328 e. The molecule has 0 aromatic heterocycles. The SMILES string of the molecule is CCOP(O)O.CNC.Cl. The highest BCUT2D eigenvalue weighted by Gasteiger charge is 1.91. The van der Waals surface area contributed by atoms with Crippen LogP contribution in [0.4, 0.5) is 0 Å². The molecule has 0 aliphatic carbocycles. The molecule has 6 heteroatoms. The van der Waals surface area contributed by atoms with E-state index in [-0.39, 0.29) is 12.4 Å². The van der Waals surface area contributed by atoms with Gasteiger partial charge in [-0.05, 0) is 21.0 Å². The molecule has 0 amide bonds. The first-order valence-corrected chi connectivity index (χ1v) is 3.74. The third-order valence-electron chi connectivity index (χ3n) is 0.245. The van der Waals surface area contributed by atoms with E-state index in [0.29, 0.717) is 6.61 Å². The van der Waals surface area contributed by atoms with E-state index in [1.54, 1.807) is 6.92 Å². The van der Waals surface area contributed by atoms with Crippen molar-refractivity contribution in [1.29, 1.82) is 0 Å². The maximum atomic E-state index is 7.95. The maximum absolute atomic E-state index is 7.95. The molecule has 0 fully saturated rings. The van der Waals surface area contributed by atoms with Crippen molar-refractivity contribution in [3.05, 3.63) is 0 Å². The Morgan fingerprint density at radius 2 is 1.70 bits per heavy atom. The third kappa shape index (κ3) is 38.6. The summed E-state index contributed by atoms with van der Waals surface area (Å²) < 4.78 is 4.22. The number of rotatable bonds is 2. The van der Waals surface area contributed by atoms with Gasteiger partial charge in [0.1, 0.15) is 0 Å². The van der Waals surface area contributed by atoms with Crippen LogP contribution in [0.1, 0.15) is 6.92 Å². The zero-order chi connectivity index (χ0) is 7.70. The van der Waals surface area contributed by atoms with Crippen LogP contribution in [0.25, 0.3) is 0 Å². The normalized spacial score (nSPS) is 7.80. The number of nitrogens with one attached hydrogen (secondary N) is 1. The molecule has 0 atom stereocenters. The quantitative estimate of drug-likeness (QED) is 0.556. The van der Waals surface area contributed by atoms with Crippen molar-refractivity contribution in [3.8, 4) is 0 Å². The Kier molecular flexibility index (Phi) is 27.5. The van der Waals surface area contributed by atoms with Crippen molar-refractivity contribution in [3.63, 3.8) is 0 Å². The topological polar surface area (TPSA) is 61.7 Å². The van der Waals surface area contributed by atoms with E-state index in [0.717, 1.165) is 0 Å². The molecule has 0 bridgehead atoms. The van der Waals surface area contributed by atoms with Crippen LogP contribution in [0.2, 0.25) is 0 Å². The molecule has 0 radical (unpaired) electrons. The predicted molar refractivity (Wildman–Crippen MR) is 45.2 cm³/mol. The highest BCUT2D eigenvalue weighted by molar-refractivity contribution is 7.39. The van der Waals surface area contributed by atoms with Crippen molar-refractivity contribution in [2.45, 2.75) is 6.92 Å². The van der Waals surface area contributed by atoms with E-state index in [1.165, 1.54) is 0 Å². The van der Waals surface area contributed by atoms with Gasteiger partial charge in [0.25, 0.3) is 0 Å². The molecule has 0 aromatic rings. The molecule has 0 spiro atoms. The van der Waals surface area contributed by atoms with Gasteiger partial charge < -0.3 is 19.6 Å². The summed E-state index contributed by atoms with van der Waals surface area (Å²) in [6.45, 7) is 2.06. The van der Waals surface area contributed by atoms with Crippen LogP contribution in [0.15, 0.2) is 0 Å². The average molecular weight is 192 g/mol. The van der Waals surface area contributed by atoms with Gasteiger partial charge in [0, 0.05) is 0 Å². The van der Waals surface area contributed by atoms with Crippen LogP contribution in [0.3, 0.4) is 0 Å². The smallest absolute Gasteiger partial charge is 0.327 e. The van der Waals surface area contributed by atoms with Crippen molar-refractivity contribution in [2.24, 2.45) is 0 Å². The van der Waals surface area contributed by atoms with Crippen molar-refractivity contribution in [1.82, 2.24) is 5.32 Å². The van der Waals surface area contributed by atoms with Crippen LogP contribution >= 0.6 is 21.0 Å². The molecule has 0 aliphatic heterocycles. The van der Waals surface area contributed by atoms with Crippen LogP contribution in [0, 0.1) is 0 Å². The minimum absolute atomic E-state index is 0. The number of hydrogen-bond donors (Lipinski definition) is 3. The van der Waals surface area contributed by atoms with Gasteiger partial charge in [-0.25, -0.2) is 0 Å². The lowest BCUT2D eigenvalue weighted by molar-refractivity contribution is 0.269. The van der Waals surface area contributed by atoms with Gasteiger partial charge in [0.15, 0.2) is 0 Å². The first kappa shape index (κ1) is 16.9. The number of halogens is 1. The lowest BCUT2D eigenvalue weighted by Gasteiger charge is -1.95. The summed E-state index contributed by atoms with van der Waals surface area (Å²) in [4.78, 5) is 15.9. The number of hydrogen-bond acceptors (Lipinski definition) is 4. The minimum Gasteiger partial charge on any atom is -0.328 e. The molecule has 0 rings (SSSR count). The highest BCUT2D eigenvalue weighted by atomic mass is 35.5. The molecule has 0 aliphatic rings. The molecule has 66 valence electrons. The fourth-order valence-electron chi connectivity index (χ4n) is 0.115. The van der Waals surface area contributed by atoms with E-state index >= 15 is 0 Å². The molecular weight excluding hydrogens is 176 g/mol. The summed E-state index contributed by atoms with van der Waals surface area (Å²) in [5, 5.41) is 2.75. The second-order valence-electron chi connectivity index (χ2n) is 1.17. The Balaban J connectivity index is -0.000000107. The van der Waals surface area contributed by atoms with Crippen LogP contribution in [0.5, 0.6) is 0 Å². The maximum Gasteiger partial charge on any atom is 0.327 e. The predicted octanol–water partition coefficient (Wildman–Crippen LogP) is 0.492. The van der Waals surface area contributed by atoms with Gasteiger partial charge in [0.2, 0.25) is 0 Å². The van der Waals surface area contributed by atoms with Crippen LogP contribution in [-0.2, 0) is 4.52 Å². The van der Waals surface area contributed by atoms with Crippen LogP contribution < -0.4 is 5.32 Å². The molecule has 3 N–H and O–H groups in total. The second-order valence-corrected chi connectivity index (χ2v) is 1.93. The Morgan fingerprint density at radius 3 is 1.70 bits per heavy atom. The van der Waals surface area contributed by atoms with Crippen molar-refractivity contribution in [2.75, 3.05) is 20.7 Å². The third-order valence-corrected chi connectivity index (χ3v) is 0.734. The van der Waals surface area contributed by atoms with Gasteiger partial charge in [-0.3, -0.25) is 0 Å². The minimum atomic E-state index is -2.10. The van der Waals surface area contributed by atoms with Gasteiger partial charge >= 0.3 is 8.60 Å². The Labute approximate surface area is 69.0 Å². The Hall–Kier alpha value is 0.560. The van der Waals surface area contributed by atoms with Crippen LogP contribution in [-0.4, -0.2) is 30.5 Å². The molecule has 0 saturated heterocycles. The first-order valence-electron chi connectivity index (χ1n) is 2.58. The fourth-order valence-corrected chi connectivity index (χ4v) is 0.346. The zero-order valence-electron chi connectivity index (χ0n) is 6.37. The van der Waals surface area contributed by atoms with Gasteiger partial charge in [0.05, 0.1) is 6.61 Å². The van der Waals surface area contributed by atoms with Gasteiger partial charge in [-0.15, -0.1) is 12.4 Å². The molecule has 0 saturated carbocycles. The fraction of sp³-hybridized carbons (Fsp3) is 1.00. The van der Waals surface area contributed by atoms with Crippen molar-refractivity contribution >= 4 is 21.0 Å². The second kappa shape index (κ2) is 16.3. The van der Waals surface area contributed by atoms with E-state index in [9.17, 15) is 0 Å². The van der Waals surface area contributed by atoms with Gasteiger partial charge in [-0.1, -0.05) is 0 Å². The van der Waals surface area contributed by atoms with E-state index < -0.39 is 8.60 Å². The first-order chi connectivity index (χ1) is 4.18. The van der Waals surface area contributed by atoms with E-state index in [1.807, 2.05) is 14.1 Å². The summed E-state index contributed by atoms with van der Waals surface area (Å²) in [7, 11) is 1.65. The molecule has 10 heavy (non-hydrogen) atoms. The molecular formula is C4H15ClNO3P. The Bertz CT molecular complexity index is 49.5. The summed E-state index contributed by atoms with van der Waals surface area (Å²) >= 11 is 0. The zero-order valence-corrected chi connectivity index (χ0v) is 8.08. The average Bonchev–Trinajstić information content (AvgIpc) is 1.67. The summed E-state index contributed by atoms with van der Waals surface area (Å²) in [5.41, 5.74) is 0. The monoisotopic (exact) mass is 191 g/mol. The standard InChI is InChI=1S/C2H7N.C2H7O3P.ClH/c1-3-2;1-2-5-6(3)4;/h3H,1-2H3;3-4H,2H2,1H3;1H. The van der Waals surface area contributed by atoms with Crippen molar-refractivity contribution < 1.29 is 14.3 Å². The molecule has 0 unspecified atom stereocenters. The summed E-state index contributed by atoms with van der Waals surface area (Å²) in [5.74, 6) is 0. The molecule has 4 nitrogen and oxygen atoms in total. The molecule has 0 heterocycles. The summed E-state index contributed by atoms with van der Waals surface area (Å²) in [6, 6.07) is 0. The molecule has 0 aromatic carbocycles. The Morgan fingerprint density at radius 1 is 1.40 bits per heavy atom. The highest BCUT2D eigenvalue weighted by Crippen LogP contribution is 2.22. The lowest BCUT2D eigenvalue weighted by Crippen LogP contribution is -1.89. The van der Waals surface area contributed by atoms with Gasteiger partial charge in [-0.2, -0.15) is 0 Å². The van der Waals surface area contributed by atoms with E-state index in [2.05, 4.69) is 9.84 Å².